The number of pyridine rings is 1. The van der Waals surface area contributed by atoms with E-state index in [2.05, 4.69) is 28.2 Å². The molecule has 0 unspecified atom stereocenters. The fraction of sp³-hybridized carbons (Fsp3) is 0.0769. The van der Waals surface area contributed by atoms with Gasteiger partial charge in [-0.15, -0.1) is 18.2 Å². The normalized spacial score (nSPS) is 10.8. The molecular formula is C26H23F2IrN3-2. The van der Waals surface area contributed by atoms with Crippen molar-refractivity contribution in [2.24, 2.45) is 4.99 Å². The van der Waals surface area contributed by atoms with Crippen molar-refractivity contribution >= 4 is 22.2 Å². The maximum absolute atomic E-state index is 11.9. The Labute approximate surface area is 201 Å². The van der Waals surface area contributed by atoms with E-state index in [1.807, 2.05) is 67.8 Å². The van der Waals surface area contributed by atoms with Gasteiger partial charge < -0.3 is 5.73 Å². The molecule has 3 aromatic carbocycles. The van der Waals surface area contributed by atoms with Crippen LogP contribution in [0.5, 0.6) is 0 Å². The van der Waals surface area contributed by atoms with E-state index in [-0.39, 0.29) is 20.1 Å². The smallest absolute Gasteiger partial charge is 0.0632 e. The van der Waals surface area contributed by atoms with Gasteiger partial charge >= 0.3 is 0 Å². The number of allylic oxidation sites excluding steroid dienone is 2. The van der Waals surface area contributed by atoms with E-state index >= 15 is 0 Å². The summed E-state index contributed by atoms with van der Waals surface area (Å²) in [6.07, 6.45) is 5.42. The first-order valence-electron chi connectivity index (χ1n) is 9.55. The minimum absolute atomic E-state index is 0. The Morgan fingerprint density at radius 3 is 2.03 bits per heavy atom. The van der Waals surface area contributed by atoms with Crippen molar-refractivity contribution in [2.45, 2.75) is 13.8 Å². The Kier molecular flexibility index (Phi) is 12.4. The van der Waals surface area contributed by atoms with Crippen LogP contribution in [0.3, 0.4) is 0 Å². The summed E-state index contributed by atoms with van der Waals surface area (Å²) in [6, 6.07) is 25.2. The number of benzene rings is 3. The van der Waals surface area contributed by atoms with Crippen molar-refractivity contribution < 1.29 is 28.9 Å². The molecule has 6 heteroatoms. The molecule has 4 rings (SSSR count). The summed E-state index contributed by atoms with van der Waals surface area (Å²) in [5.74, 6) is -1.19. The molecule has 1 heterocycles. The predicted octanol–water partition coefficient (Wildman–Crippen LogP) is 7.73. The number of hydrogen-bond acceptors (Lipinski definition) is 2. The molecule has 0 spiro atoms. The van der Waals surface area contributed by atoms with Gasteiger partial charge in [-0.2, -0.15) is 11.8 Å². The van der Waals surface area contributed by atoms with E-state index in [0.29, 0.717) is 5.70 Å². The second kappa shape index (κ2) is 14.7. The molecule has 0 amide bonds. The van der Waals surface area contributed by atoms with Crippen LogP contribution in [0.15, 0.2) is 108 Å². The van der Waals surface area contributed by atoms with Crippen molar-refractivity contribution in [3.8, 4) is 0 Å². The van der Waals surface area contributed by atoms with Crippen molar-refractivity contribution in [3.05, 3.63) is 126 Å². The van der Waals surface area contributed by atoms with Gasteiger partial charge in [-0.1, -0.05) is 55.5 Å². The van der Waals surface area contributed by atoms with Crippen LogP contribution >= 0.6 is 0 Å². The SMILES string of the molecule is CC(/C=C(/C)[NH-])=Nc1ccccc1.Fc1c[c-]cc(F)c1.[Ir].c1ccc2cnccc2c1. The van der Waals surface area contributed by atoms with Gasteiger partial charge in [-0.3, -0.25) is 18.8 Å². The number of para-hydroxylation sites is 1. The number of aliphatic imine (C=N–C) groups is 1. The zero-order valence-corrected chi connectivity index (χ0v) is 20.1. The van der Waals surface area contributed by atoms with Crippen molar-refractivity contribution in [1.82, 2.24) is 4.98 Å². The van der Waals surface area contributed by atoms with Crippen molar-refractivity contribution in [3.63, 3.8) is 0 Å². The van der Waals surface area contributed by atoms with Gasteiger partial charge in [0, 0.05) is 49.8 Å². The number of nitrogens with one attached hydrogen (secondary N) is 1. The summed E-state index contributed by atoms with van der Waals surface area (Å²) in [6.45, 7) is 3.63. The monoisotopic (exact) mass is 608 g/mol. The largest absolute Gasteiger partial charge is 0.702 e. The number of fused-ring (bicyclic) bond motifs is 1. The van der Waals surface area contributed by atoms with E-state index in [1.54, 1.807) is 13.0 Å². The maximum atomic E-state index is 11.9. The molecule has 32 heavy (non-hydrogen) atoms. The first-order valence-corrected chi connectivity index (χ1v) is 9.55. The van der Waals surface area contributed by atoms with Gasteiger partial charge in [-0.25, -0.2) is 0 Å². The third-order valence-corrected chi connectivity index (χ3v) is 3.76. The van der Waals surface area contributed by atoms with Gasteiger partial charge in [0.05, 0.1) is 5.69 Å². The minimum Gasteiger partial charge on any atom is -0.702 e. The number of nitrogens with zero attached hydrogens (tertiary/aromatic N) is 2. The molecule has 0 fully saturated rings. The van der Waals surface area contributed by atoms with Gasteiger partial charge in [-0.05, 0) is 35.9 Å². The first kappa shape index (κ1) is 26.8. The van der Waals surface area contributed by atoms with Gasteiger partial charge in [0.15, 0.2) is 0 Å². The van der Waals surface area contributed by atoms with E-state index in [1.165, 1.54) is 10.8 Å². The van der Waals surface area contributed by atoms with Crippen LogP contribution in [-0.4, -0.2) is 10.7 Å². The van der Waals surface area contributed by atoms with E-state index in [4.69, 9.17) is 5.73 Å². The van der Waals surface area contributed by atoms with E-state index < -0.39 is 11.6 Å². The van der Waals surface area contributed by atoms with Crippen molar-refractivity contribution in [2.75, 3.05) is 0 Å². The summed E-state index contributed by atoms with van der Waals surface area (Å²) in [7, 11) is 0. The quantitative estimate of drug-likeness (QED) is 0.170. The molecule has 0 atom stereocenters. The van der Waals surface area contributed by atoms with Crippen LogP contribution in [0.4, 0.5) is 14.5 Å². The topological polar surface area (TPSA) is 49.0 Å². The van der Waals surface area contributed by atoms with Crippen LogP contribution in [-0.2, 0) is 20.1 Å². The third kappa shape index (κ3) is 10.7. The molecule has 0 aliphatic carbocycles. The molecule has 0 saturated carbocycles. The number of rotatable bonds is 2. The number of aromatic nitrogens is 1. The summed E-state index contributed by atoms with van der Waals surface area (Å²) in [5, 5.41) is 2.45. The standard InChI is InChI=1S/C11H13N2.C9H7N.C6H3F2.Ir/c1-9(12)8-10(2)13-11-6-4-3-5-7-11;1-2-4-9-7-10-6-5-8(9)3-1;7-5-2-1-3-6(8)4-5;/h3-8,12H,1-2H3;1-7H;2-4H;/q-1;;-1;/b9-8-,13-10?;;;. The second-order valence-corrected chi connectivity index (χ2v) is 6.51. The summed E-state index contributed by atoms with van der Waals surface area (Å²) >= 11 is 0. The Balaban J connectivity index is 0.000000243. The average molecular weight is 608 g/mol. The fourth-order valence-corrected chi connectivity index (χ4v) is 2.49. The van der Waals surface area contributed by atoms with Crippen molar-refractivity contribution in [1.29, 1.82) is 0 Å². The number of halogens is 2. The molecule has 0 saturated heterocycles. The Hall–Kier alpha value is -3.21. The summed E-state index contributed by atoms with van der Waals surface area (Å²) in [5.41, 5.74) is 9.57. The molecule has 4 aromatic rings. The number of hydrogen-bond donors (Lipinski definition) is 0. The van der Waals surface area contributed by atoms with Crippen LogP contribution in [0.25, 0.3) is 16.5 Å². The fourth-order valence-electron chi connectivity index (χ4n) is 2.49. The molecule has 1 aromatic heterocycles. The maximum Gasteiger partial charge on any atom is 0.0632 e. The Morgan fingerprint density at radius 2 is 1.50 bits per heavy atom. The zero-order valence-electron chi connectivity index (χ0n) is 17.7. The van der Waals surface area contributed by atoms with Crippen LogP contribution in [0.1, 0.15) is 13.8 Å². The van der Waals surface area contributed by atoms with Gasteiger partial charge in [0.2, 0.25) is 0 Å². The Morgan fingerprint density at radius 1 is 0.906 bits per heavy atom. The summed E-state index contributed by atoms with van der Waals surface area (Å²) in [4.78, 5) is 8.33. The molecule has 167 valence electrons. The van der Waals surface area contributed by atoms with Crippen LogP contribution < -0.4 is 0 Å². The van der Waals surface area contributed by atoms with Gasteiger partial charge in [0.1, 0.15) is 0 Å². The molecule has 0 aliphatic heterocycles. The van der Waals surface area contributed by atoms with Crippen LogP contribution in [0.2, 0.25) is 0 Å². The van der Waals surface area contributed by atoms with E-state index in [0.717, 1.165) is 29.6 Å². The van der Waals surface area contributed by atoms with Crippen LogP contribution in [0, 0.1) is 17.7 Å². The average Bonchev–Trinajstić information content (AvgIpc) is 2.75. The molecule has 0 bridgehead atoms. The predicted molar refractivity (Wildman–Crippen MR) is 124 cm³/mol. The summed E-state index contributed by atoms with van der Waals surface area (Å²) < 4.78 is 23.8. The molecular weight excluding hydrogens is 585 g/mol. The molecule has 0 aliphatic rings. The van der Waals surface area contributed by atoms with Gasteiger partial charge in [0.25, 0.3) is 0 Å². The molecule has 3 nitrogen and oxygen atoms in total. The molecule has 1 N–H and O–H groups in total. The van der Waals surface area contributed by atoms with E-state index in [9.17, 15) is 8.78 Å². The first-order chi connectivity index (χ1) is 14.9. The zero-order chi connectivity index (χ0) is 22.5. The second-order valence-electron chi connectivity index (χ2n) is 6.51. The third-order valence-electron chi connectivity index (χ3n) is 3.76. The molecule has 1 radical (unpaired) electrons. The minimum atomic E-state index is -0.593. The Bertz CT molecular complexity index is 1060.